The monoisotopic (exact) mass is 450 g/mol. The molecule has 0 spiro atoms. The fourth-order valence-corrected chi connectivity index (χ4v) is 5.62. The van der Waals surface area contributed by atoms with Crippen molar-refractivity contribution in [2.45, 2.75) is 37.5 Å². The third kappa shape index (κ3) is 7.11. The molecule has 0 radical (unpaired) electrons. The van der Waals surface area contributed by atoms with Crippen LogP contribution in [-0.4, -0.2) is 11.5 Å². The van der Waals surface area contributed by atoms with E-state index in [2.05, 4.69) is 133 Å². The largest absolute Gasteiger partial charge is 0.162 e. The SMILES string of the molecule is c1ccc(C(CCCSCCCC(c2ccccc2)c2ccccc2)c2ccccc2)cc1. The van der Waals surface area contributed by atoms with Gasteiger partial charge in [0.2, 0.25) is 0 Å². The topological polar surface area (TPSA) is 0 Å². The lowest BCUT2D eigenvalue weighted by molar-refractivity contribution is 0.696. The van der Waals surface area contributed by atoms with Crippen LogP contribution in [0.15, 0.2) is 121 Å². The van der Waals surface area contributed by atoms with E-state index in [9.17, 15) is 0 Å². The average Bonchev–Trinajstić information content (AvgIpc) is 2.90. The molecular weight excluding hydrogens is 416 g/mol. The molecule has 0 atom stereocenters. The number of hydrogen-bond donors (Lipinski definition) is 0. The summed E-state index contributed by atoms with van der Waals surface area (Å²) < 4.78 is 0. The minimum Gasteiger partial charge on any atom is -0.162 e. The molecule has 33 heavy (non-hydrogen) atoms. The van der Waals surface area contributed by atoms with Gasteiger partial charge in [0.15, 0.2) is 0 Å². The summed E-state index contributed by atoms with van der Waals surface area (Å²) in [5.74, 6) is 3.46. The minimum absolute atomic E-state index is 0.494. The summed E-state index contributed by atoms with van der Waals surface area (Å²) in [6, 6.07) is 44.0. The number of benzene rings is 4. The first-order chi connectivity index (χ1) is 16.4. The molecule has 1 heteroatoms. The van der Waals surface area contributed by atoms with Crippen molar-refractivity contribution in [2.24, 2.45) is 0 Å². The quantitative estimate of drug-likeness (QED) is 0.194. The molecule has 0 nitrogen and oxygen atoms in total. The van der Waals surface area contributed by atoms with Crippen LogP contribution in [0.5, 0.6) is 0 Å². The molecule has 0 aliphatic rings. The maximum absolute atomic E-state index is 2.28. The normalized spacial score (nSPS) is 11.2. The van der Waals surface area contributed by atoms with Crippen molar-refractivity contribution in [1.82, 2.24) is 0 Å². The van der Waals surface area contributed by atoms with Gasteiger partial charge in [-0.2, -0.15) is 11.8 Å². The predicted molar refractivity (Wildman–Crippen MR) is 145 cm³/mol. The molecule has 0 saturated heterocycles. The lowest BCUT2D eigenvalue weighted by Gasteiger charge is -2.19. The van der Waals surface area contributed by atoms with Gasteiger partial charge in [-0.3, -0.25) is 0 Å². The van der Waals surface area contributed by atoms with Gasteiger partial charge in [-0.25, -0.2) is 0 Å². The Kier molecular flexibility index (Phi) is 9.26. The van der Waals surface area contributed by atoms with Crippen molar-refractivity contribution in [2.75, 3.05) is 11.5 Å². The molecule has 0 heterocycles. The second-order valence-corrected chi connectivity index (χ2v) is 9.87. The summed E-state index contributed by atoms with van der Waals surface area (Å²) in [6.07, 6.45) is 4.91. The van der Waals surface area contributed by atoms with Crippen molar-refractivity contribution in [1.29, 1.82) is 0 Å². The molecule has 4 aromatic rings. The van der Waals surface area contributed by atoms with Gasteiger partial charge in [0, 0.05) is 11.8 Å². The molecule has 0 fully saturated rings. The van der Waals surface area contributed by atoms with Crippen molar-refractivity contribution in [3.8, 4) is 0 Å². The Morgan fingerprint density at radius 3 is 0.939 bits per heavy atom. The Morgan fingerprint density at radius 1 is 0.394 bits per heavy atom. The van der Waals surface area contributed by atoms with E-state index in [1.165, 1.54) is 59.4 Å². The lowest BCUT2D eigenvalue weighted by atomic mass is 9.88. The van der Waals surface area contributed by atoms with E-state index in [4.69, 9.17) is 0 Å². The molecule has 4 aromatic carbocycles. The Morgan fingerprint density at radius 2 is 0.667 bits per heavy atom. The summed E-state index contributed by atoms with van der Waals surface area (Å²) >= 11 is 2.12. The van der Waals surface area contributed by atoms with Crippen LogP contribution in [0, 0.1) is 0 Å². The molecular formula is C32H34S. The fraction of sp³-hybridized carbons (Fsp3) is 0.250. The van der Waals surface area contributed by atoms with Gasteiger partial charge < -0.3 is 0 Å². The van der Waals surface area contributed by atoms with Crippen LogP contribution < -0.4 is 0 Å². The van der Waals surface area contributed by atoms with Gasteiger partial charge in [-0.1, -0.05) is 121 Å². The van der Waals surface area contributed by atoms with Crippen LogP contribution in [0.25, 0.3) is 0 Å². The number of hydrogen-bond acceptors (Lipinski definition) is 1. The second-order valence-electron chi connectivity index (χ2n) is 8.64. The molecule has 0 bridgehead atoms. The molecule has 168 valence electrons. The summed E-state index contributed by atoms with van der Waals surface area (Å²) in [5.41, 5.74) is 5.73. The van der Waals surface area contributed by atoms with Crippen molar-refractivity contribution in [3.63, 3.8) is 0 Å². The van der Waals surface area contributed by atoms with Crippen LogP contribution in [0.4, 0.5) is 0 Å². The zero-order valence-electron chi connectivity index (χ0n) is 19.4. The van der Waals surface area contributed by atoms with Gasteiger partial charge in [-0.15, -0.1) is 0 Å². The number of thioether (sulfide) groups is 1. The highest BCUT2D eigenvalue weighted by molar-refractivity contribution is 7.99. The Bertz CT molecular complexity index is 863. The maximum Gasteiger partial charge on any atom is 0.00896 e. The molecule has 4 rings (SSSR count). The summed E-state index contributed by atoms with van der Waals surface area (Å²) in [6.45, 7) is 0. The Labute approximate surface area is 204 Å². The van der Waals surface area contributed by atoms with E-state index in [1.54, 1.807) is 0 Å². The highest BCUT2D eigenvalue weighted by Crippen LogP contribution is 2.31. The number of rotatable bonds is 12. The summed E-state index contributed by atoms with van der Waals surface area (Å²) in [5, 5.41) is 0. The predicted octanol–water partition coefficient (Wildman–Crippen LogP) is 8.94. The van der Waals surface area contributed by atoms with Gasteiger partial charge in [0.05, 0.1) is 0 Å². The van der Waals surface area contributed by atoms with Crippen molar-refractivity contribution >= 4 is 11.8 Å². The van der Waals surface area contributed by atoms with Crippen LogP contribution in [-0.2, 0) is 0 Å². The van der Waals surface area contributed by atoms with E-state index in [-0.39, 0.29) is 0 Å². The van der Waals surface area contributed by atoms with Gasteiger partial charge in [-0.05, 0) is 59.4 Å². The molecule has 0 N–H and O–H groups in total. The Balaban J connectivity index is 1.25. The maximum atomic E-state index is 2.28. The van der Waals surface area contributed by atoms with Crippen LogP contribution in [0.2, 0.25) is 0 Å². The molecule has 0 aliphatic heterocycles. The van der Waals surface area contributed by atoms with E-state index in [0.717, 1.165) is 0 Å². The zero-order chi connectivity index (χ0) is 22.6. The molecule has 0 saturated carbocycles. The van der Waals surface area contributed by atoms with Crippen molar-refractivity contribution in [3.05, 3.63) is 144 Å². The first-order valence-corrected chi connectivity index (χ1v) is 13.3. The van der Waals surface area contributed by atoms with Gasteiger partial charge in [0.25, 0.3) is 0 Å². The molecule has 0 amide bonds. The van der Waals surface area contributed by atoms with Crippen molar-refractivity contribution < 1.29 is 0 Å². The first kappa shape index (κ1) is 23.4. The summed E-state index contributed by atoms with van der Waals surface area (Å²) in [4.78, 5) is 0. The van der Waals surface area contributed by atoms with Crippen LogP contribution >= 0.6 is 11.8 Å². The smallest absolute Gasteiger partial charge is 0.00896 e. The zero-order valence-corrected chi connectivity index (χ0v) is 20.2. The molecule has 0 aliphatic carbocycles. The highest BCUT2D eigenvalue weighted by Gasteiger charge is 2.15. The standard InChI is InChI=1S/C32H34S/c1-5-15-27(16-6-1)31(28-17-7-2-8-18-28)23-13-25-33-26-14-24-32(29-19-9-3-10-20-29)30-21-11-4-12-22-30/h1-12,15-22,31-32H,13-14,23-26H2. The lowest BCUT2D eigenvalue weighted by Crippen LogP contribution is -2.03. The van der Waals surface area contributed by atoms with E-state index >= 15 is 0 Å². The van der Waals surface area contributed by atoms with E-state index in [0.29, 0.717) is 11.8 Å². The van der Waals surface area contributed by atoms with E-state index < -0.39 is 0 Å². The van der Waals surface area contributed by atoms with E-state index in [1.807, 2.05) is 0 Å². The highest BCUT2D eigenvalue weighted by atomic mass is 32.2. The van der Waals surface area contributed by atoms with Gasteiger partial charge in [0.1, 0.15) is 0 Å². The molecule has 0 unspecified atom stereocenters. The first-order valence-electron chi connectivity index (χ1n) is 12.2. The van der Waals surface area contributed by atoms with Crippen LogP contribution in [0.3, 0.4) is 0 Å². The average molecular weight is 451 g/mol. The van der Waals surface area contributed by atoms with Crippen LogP contribution in [0.1, 0.15) is 59.8 Å². The summed E-state index contributed by atoms with van der Waals surface area (Å²) in [7, 11) is 0. The van der Waals surface area contributed by atoms with Gasteiger partial charge >= 0.3 is 0 Å². The fourth-order valence-electron chi connectivity index (χ4n) is 4.67. The third-order valence-electron chi connectivity index (χ3n) is 6.37. The molecule has 0 aromatic heterocycles. The minimum atomic E-state index is 0.494. The Hall–Kier alpha value is -2.77. The second kappa shape index (κ2) is 13.1. The third-order valence-corrected chi connectivity index (χ3v) is 7.53.